The fourth-order valence-corrected chi connectivity index (χ4v) is 4.17. The lowest BCUT2D eigenvalue weighted by Crippen LogP contribution is -2.56. The maximum Gasteiger partial charge on any atom is 0.303 e. The summed E-state index contributed by atoms with van der Waals surface area (Å²) in [6, 6.07) is -0.0974. The minimum atomic E-state index is -1.75. The third kappa shape index (κ3) is 12.4. The summed E-state index contributed by atoms with van der Waals surface area (Å²) in [5.41, 5.74) is 0. The van der Waals surface area contributed by atoms with E-state index in [-0.39, 0.29) is 6.04 Å². The number of hydrogen-bond donors (Lipinski definition) is 0. The summed E-state index contributed by atoms with van der Waals surface area (Å²) in [5, 5.41) is 17.7. The summed E-state index contributed by atoms with van der Waals surface area (Å²) in [7, 11) is 1.53. The van der Waals surface area contributed by atoms with E-state index < -0.39 is 78.3 Å². The van der Waals surface area contributed by atoms with Crippen LogP contribution in [-0.2, 0) is 52.4 Å². The highest BCUT2D eigenvalue weighted by Gasteiger charge is 2.47. The number of carbonyl (C=O) groups excluding carboxylic acids is 5. The first-order valence-electron chi connectivity index (χ1n) is 12.5. The van der Waals surface area contributed by atoms with Gasteiger partial charge in [0.1, 0.15) is 12.5 Å². The zero-order valence-electron chi connectivity index (χ0n) is 23.4. The van der Waals surface area contributed by atoms with E-state index in [2.05, 4.69) is 5.10 Å². The zero-order valence-corrected chi connectivity index (χ0v) is 23.4. The molecule has 16 heteroatoms. The SMILES string of the molecule is COC[C@@H]1CCCN1/N=C/[C@H](C[N+](=O)[O-])[C@H](OC(C)=O)[C@@H](OC(C)=O)[C@@H](OC(C)=O)[C@@H](COC(C)=O)OC(C)=O. The van der Waals surface area contributed by atoms with Crippen molar-refractivity contribution in [3.8, 4) is 0 Å². The van der Waals surface area contributed by atoms with Crippen LogP contribution in [0.1, 0.15) is 47.5 Å². The van der Waals surface area contributed by atoms with Gasteiger partial charge in [0.15, 0.2) is 24.4 Å². The van der Waals surface area contributed by atoms with E-state index in [1.165, 1.54) is 13.3 Å². The molecule has 226 valence electrons. The maximum atomic E-state index is 12.2. The second kappa shape index (κ2) is 17.0. The Morgan fingerprint density at radius 3 is 1.95 bits per heavy atom. The lowest BCUT2D eigenvalue weighted by atomic mass is 9.92. The Bertz CT molecular complexity index is 941. The maximum absolute atomic E-state index is 12.2. The van der Waals surface area contributed by atoms with Crippen molar-refractivity contribution >= 4 is 36.1 Å². The Balaban J connectivity index is 3.67. The summed E-state index contributed by atoms with van der Waals surface area (Å²) >= 11 is 0. The van der Waals surface area contributed by atoms with Crippen molar-refractivity contribution in [2.75, 3.05) is 33.4 Å². The number of hydrogen-bond acceptors (Lipinski definition) is 15. The van der Waals surface area contributed by atoms with Gasteiger partial charge in [-0.3, -0.25) is 39.1 Å². The van der Waals surface area contributed by atoms with Crippen LogP contribution in [0.15, 0.2) is 5.10 Å². The molecule has 0 saturated carbocycles. The van der Waals surface area contributed by atoms with Crippen LogP contribution in [0, 0.1) is 16.0 Å². The molecule has 1 saturated heterocycles. The van der Waals surface area contributed by atoms with Crippen LogP contribution in [0.2, 0.25) is 0 Å². The van der Waals surface area contributed by atoms with Crippen LogP contribution >= 0.6 is 0 Å². The van der Waals surface area contributed by atoms with E-state index >= 15 is 0 Å². The number of methoxy groups -OCH3 is 1. The average molecular weight is 576 g/mol. The largest absolute Gasteiger partial charge is 0.462 e. The van der Waals surface area contributed by atoms with Crippen LogP contribution in [0.5, 0.6) is 0 Å². The van der Waals surface area contributed by atoms with Gasteiger partial charge in [-0.25, -0.2) is 0 Å². The van der Waals surface area contributed by atoms with Crippen molar-refractivity contribution in [1.29, 1.82) is 0 Å². The van der Waals surface area contributed by atoms with Gasteiger partial charge >= 0.3 is 29.8 Å². The first kappa shape index (κ1) is 34.2. The second-order valence-electron chi connectivity index (χ2n) is 9.03. The average Bonchev–Trinajstić information content (AvgIpc) is 3.26. The van der Waals surface area contributed by atoms with E-state index in [9.17, 15) is 34.1 Å². The molecule has 0 aromatic heterocycles. The van der Waals surface area contributed by atoms with E-state index in [0.717, 1.165) is 47.5 Å². The number of ether oxygens (including phenoxy) is 6. The fourth-order valence-electron chi connectivity index (χ4n) is 4.17. The highest BCUT2D eigenvalue weighted by molar-refractivity contribution is 5.70. The summed E-state index contributed by atoms with van der Waals surface area (Å²) in [5.74, 6) is -5.74. The summed E-state index contributed by atoms with van der Waals surface area (Å²) in [6.07, 6.45) is -3.92. The van der Waals surface area contributed by atoms with Crippen LogP contribution in [-0.4, -0.2) is 110 Å². The van der Waals surface area contributed by atoms with Gasteiger partial charge in [0.05, 0.1) is 12.6 Å². The third-order valence-electron chi connectivity index (χ3n) is 5.58. The molecule has 16 nitrogen and oxygen atoms in total. The van der Waals surface area contributed by atoms with Crippen LogP contribution in [0.25, 0.3) is 0 Å². The van der Waals surface area contributed by atoms with Crippen molar-refractivity contribution < 1.29 is 57.3 Å². The first-order chi connectivity index (χ1) is 18.7. The van der Waals surface area contributed by atoms with Gasteiger partial charge < -0.3 is 28.4 Å². The van der Waals surface area contributed by atoms with Gasteiger partial charge in [-0.05, 0) is 12.8 Å². The number of hydrazone groups is 1. The van der Waals surface area contributed by atoms with Gasteiger partial charge in [-0.15, -0.1) is 0 Å². The normalized spacial score (nSPS) is 18.6. The molecule has 0 aliphatic carbocycles. The van der Waals surface area contributed by atoms with E-state index in [1.807, 2.05) is 0 Å². The Hall–Kier alpha value is -3.82. The molecule has 0 amide bonds. The van der Waals surface area contributed by atoms with Crippen molar-refractivity contribution in [3.05, 3.63) is 10.1 Å². The predicted octanol–water partition coefficient (Wildman–Crippen LogP) is 0.266. The molecule has 0 unspecified atom stereocenters. The van der Waals surface area contributed by atoms with E-state index in [0.29, 0.717) is 13.2 Å². The Labute approximate surface area is 231 Å². The third-order valence-corrected chi connectivity index (χ3v) is 5.58. The lowest BCUT2D eigenvalue weighted by Gasteiger charge is -2.36. The molecule has 1 fully saturated rings. The Morgan fingerprint density at radius 2 is 1.45 bits per heavy atom. The number of carbonyl (C=O) groups is 5. The molecule has 0 bridgehead atoms. The molecule has 1 aliphatic rings. The van der Waals surface area contributed by atoms with Crippen LogP contribution < -0.4 is 0 Å². The molecule has 0 radical (unpaired) electrons. The van der Waals surface area contributed by atoms with Gasteiger partial charge in [0, 0.05) is 59.4 Å². The van der Waals surface area contributed by atoms with Gasteiger partial charge in [-0.2, -0.15) is 5.10 Å². The fraction of sp³-hybridized carbons (Fsp3) is 0.750. The standard InChI is InChI=1S/C24H37N3O13/c1-14(28)36-13-21(37-15(2)29)23(39-17(4)31)24(40-18(5)32)22(38-16(3)30)19(11-27(33)34)10-25-26-9-7-8-20(26)12-35-6/h10,19-24H,7-9,11-13H2,1-6H3/b25-10+/t19-,20+,21-,22+,23+,24-/m1/s1. The minimum Gasteiger partial charge on any atom is -0.462 e. The molecule has 0 aromatic carbocycles. The van der Waals surface area contributed by atoms with Crippen LogP contribution in [0.4, 0.5) is 0 Å². The summed E-state index contributed by atoms with van der Waals surface area (Å²) in [6.45, 7) is 4.57. The number of rotatable bonds is 16. The highest BCUT2D eigenvalue weighted by Crippen LogP contribution is 2.25. The van der Waals surface area contributed by atoms with E-state index in [1.54, 1.807) is 5.01 Å². The molecule has 40 heavy (non-hydrogen) atoms. The van der Waals surface area contributed by atoms with Crippen molar-refractivity contribution in [3.63, 3.8) is 0 Å². The van der Waals surface area contributed by atoms with Crippen molar-refractivity contribution in [2.24, 2.45) is 11.0 Å². The van der Waals surface area contributed by atoms with Crippen molar-refractivity contribution in [2.45, 2.75) is 77.9 Å². The molecule has 0 spiro atoms. The van der Waals surface area contributed by atoms with E-state index in [4.69, 9.17) is 28.4 Å². The monoisotopic (exact) mass is 575 g/mol. The van der Waals surface area contributed by atoms with Crippen LogP contribution in [0.3, 0.4) is 0 Å². The summed E-state index contributed by atoms with van der Waals surface area (Å²) < 4.78 is 31.5. The zero-order chi connectivity index (χ0) is 30.4. The molecule has 0 aromatic rings. The molecular weight excluding hydrogens is 538 g/mol. The topological polar surface area (TPSA) is 199 Å². The first-order valence-corrected chi connectivity index (χ1v) is 12.5. The second-order valence-corrected chi connectivity index (χ2v) is 9.03. The quantitative estimate of drug-likeness (QED) is 0.0798. The lowest BCUT2D eigenvalue weighted by molar-refractivity contribution is -0.487. The predicted molar refractivity (Wildman–Crippen MR) is 134 cm³/mol. The molecular formula is C24H37N3O13. The summed E-state index contributed by atoms with van der Waals surface area (Å²) in [4.78, 5) is 70.8. The molecule has 6 atom stereocenters. The smallest absolute Gasteiger partial charge is 0.303 e. The van der Waals surface area contributed by atoms with Gasteiger partial charge in [0.2, 0.25) is 6.54 Å². The number of nitrogens with zero attached hydrogens (tertiary/aromatic N) is 3. The highest BCUT2D eigenvalue weighted by atomic mass is 16.6. The van der Waals surface area contributed by atoms with Gasteiger partial charge in [0.25, 0.3) is 0 Å². The number of esters is 5. The minimum absolute atomic E-state index is 0.0974. The Morgan fingerprint density at radius 1 is 0.900 bits per heavy atom. The number of nitro groups is 1. The van der Waals surface area contributed by atoms with Crippen molar-refractivity contribution in [1.82, 2.24) is 5.01 Å². The molecule has 1 heterocycles. The molecule has 1 rings (SSSR count). The Kier molecular flexibility index (Phi) is 14.5. The molecule has 0 N–H and O–H groups in total. The molecule has 1 aliphatic heterocycles. The van der Waals surface area contributed by atoms with Gasteiger partial charge in [-0.1, -0.05) is 0 Å².